The summed E-state index contributed by atoms with van der Waals surface area (Å²) in [6.07, 6.45) is 6.31. The highest BCUT2D eigenvalue weighted by molar-refractivity contribution is 6.10. The molecule has 0 fully saturated rings. The van der Waals surface area contributed by atoms with Crippen molar-refractivity contribution in [1.29, 1.82) is 0 Å². The Bertz CT molecular complexity index is 234. The first-order valence-electron chi connectivity index (χ1n) is 3.23. The van der Waals surface area contributed by atoms with Gasteiger partial charge in [-0.1, -0.05) is 12.2 Å². The van der Waals surface area contributed by atoms with Crippen LogP contribution in [-0.2, 0) is 9.59 Å². The van der Waals surface area contributed by atoms with Crippen molar-refractivity contribution in [2.45, 2.75) is 0 Å². The van der Waals surface area contributed by atoms with E-state index in [0.29, 0.717) is 0 Å². The SMILES string of the molecule is O=C1C=CC(=O)[C@@H]2C=C[C@@H]12. The molecule has 0 unspecified atom stereocenters. The van der Waals surface area contributed by atoms with Gasteiger partial charge in [-0.2, -0.15) is 0 Å². The maximum absolute atomic E-state index is 10.9. The van der Waals surface area contributed by atoms with Gasteiger partial charge in [0, 0.05) is 0 Å². The van der Waals surface area contributed by atoms with Crippen molar-refractivity contribution in [3.8, 4) is 0 Å². The van der Waals surface area contributed by atoms with E-state index in [4.69, 9.17) is 0 Å². The lowest BCUT2D eigenvalue weighted by Crippen LogP contribution is -2.34. The zero-order valence-electron chi connectivity index (χ0n) is 5.28. The topological polar surface area (TPSA) is 34.1 Å². The molecule has 0 aromatic carbocycles. The second-order valence-electron chi connectivity index (χ2n) is 2.57. The molecule has 0 aliphatic heterocycles. The summed E-state index contributed by atoms with van der Waals surface area (Å²) in [5.74, 6) is -0.130. The fraction of sp³-hybridized carbons (Fsp3) is 0.250. The van der Waals surface area contributed by atoms with Gasteiger partial charge in [0.1, 0.15) is 0 Å². The zero-order chi connectivity index (χ0) is 7.14. The maximum Gasteiger partial charge on any atom is 0.163 e. The first kappa shape index (κ1) is 5.59. The molecule has 0 bridgehead atoms. The number of ketones is 2. The average molecular weight is 134 g/mol. The first-order valence-corrected chi connectivity index (χ1v) is 3.23. The molecule has 10 heavy (non-hydrogen) atoms. The Balaban J connectivity index is 2.39. The van der Waals surface area contributed by atoms with Gasteiger partial charge >= 0.3 is 0 Å². The van der Waals surface area contributed by atoms with Gasteiger partial charge in [0.2, 0.25) is 0 Å². The second kappa shape index (κ2) is 1.66. The van der Waals surface area contributed by atoms with Gasteiger partial charge in [-0.25, -0.2) is 0 Å². The molecule has 0 heterocycles. The lowest BCUT2D eigenvalue weighted by molar-refractivity contribution is -0.126. The minimum absolute atomic E-state index is 0.0621. The van der Waals surface area contributed by atoms with E-state index in [1.807, 2.05) is 0 Å². The number of carbonyl (C=O) groups is 2. The smallest absolute Gasteiger partial charge is 0.163 e. The van der Waals surface area contributed by atoms with Crippen molar-refractivity contribution in [2.75, 3.05) is 0 Å². The zero-order valence-corrected chi connectivity index (χ0v) is 5.28. The average Bonchev–Trinajstić information content (AvgIpc) is 1.78. The Morgan fingerprint density at radius 3 is 1.60 bits per heavy atom. The molecular weight excluding hydrogens is 128 g/mol. The number of rotatable bonds is 0. The molecule has 0 spiro atoms. The monoisotopic (exact) mass is 134 g/mol. The summed E-state index contributed by atoms with van der Waals surface area (Å²) >= 11 is 0. The molecule has 0 radical (unpaired) electrons. The molecule has 2 heteroatoms. The fourth-order valence-corrected chi connectivity index (χ4v) is 1.26. The quantitative estimate of drug-likeness (QED) is 0.452. The van der Waals surface area contributed by atoms with Crippen LogP contribution in [0.3, 0.4) is 0 Å². The molecule has 0 amide bonds. The van der Waals surface area contributed by atoms with Gasteiger partial charge in [-0.15, -0.1) is 0 Å². The summed E-state index contributed by atoms with van der Waals surface area (Å²) in [6.45, 7) is 0. The van der Waals surface area contributed by atoms with Gasteiger partial charge in [-0.3, -0.25) is 9.59 Å². The molecular formula is C8H6O2. The van der Waals surface area contributed by atoms with E-state index in [-0.39, 0.29) is 23.4 Å². The van der Waals surface area contributed by atoms with Gasteiger partial charge in [-0.05, 0) is 12.2 Å². The largest absolute Gasteiger partial charge is 0.294 e. The summed E-state index contributed by atoms with van der Waals surface area (Å²) in [4.78, 5) is 21.8. The van der Waals surface area contributed by atoms with Crippen LogP contribution in [0.1, 0.15) is 0 Å². The van der Waals surface area contributed by atoms with Crippen LogP contribution in [0, 0.1) is 11.8 Å². The van der Waals surface area contributed by atoms with E-state index >= 15 is 0 Å². The Hall–Kier alpha value is -1.18. The molecule has 0 aromatic heterocycles. The molecule has 2 rings (SSSR count). The van der Waals surface area contributed by atoms with E-state index in [1.54, 1.807) is 12.2 Å². The molecule has 2 nitrogen and oxygen atoms in total. The first-order chi connectivity index (χ1) is 4.79. The van der Waals surface area contributed by atoms with E-state index in [1.165, 1.54) is 12.2 Å². The normalized spacial score (nSPS) is 35.6. The molecule has 0 saturated heterocycles. The number of carbonyl (C=O) groups excluding carboxylic acids is 2. The third-order valence-corrected chi connectivity index (χ3v) is 1.98. The van der Waals surface area contributed by atoms with E-state index in [9.17, 15) is 9.59 Å². The van der Waals surface area contributed by atoms with Crippen molar-refractivity contribution >= 4 is 11.6 Å². The minimum Gasteiger partial charge on any atom is -0.294 e. The predicted octanol–water partition coefficient (Wildman–Crippen LogP) is 0.497. The van der Waals surface area contributed by atoms with Crippen LogP contribution in [0.25, 0.3) is 0 Å². The molecule has 0 aromatic rings. The molecule has 0 N–H and O–H groups in total. The summed E-state index contributed by atoms with van der Waals surface area (Å²) in [5, 5.41) is 0. The van der Waals surface area contributed by atoms with Crippen LogP contribution in [0.15, 0.2) is 24.3 Å². The van der Waals surface area contributed by atoms with Crippen LogP contribution in [0.2, 0.25) is 0 Å². The van der Waals surface area contributed by atoms with Crippen molar-refractivity contribution in [2.24, 2.45) is 11.8 Å². The van der Waals surface area contributed by atoms with Gasteiger partial charge in [0.25, 0.3) is 0 Å². The molecule has 50 valence electrons. The molecule has 2 atom stereocenters. The molecule has 2 aliphatic carbocycles. The highest BCUT2D eigenvalue weighted by Gasteiger charge is 2.36. The number of allylic oxidation sites excluding steroid dienone is 4. The Kier molecular flexibility index (Phi) is 0.926. The van der Waals surface area contributed by atoms with E-state index in [0.717, 1.165) is 0 Å². The molecule has 0 saturated carbocycles. The molecule has 2 aliphatic rings. The third-order valence-electron chi connectivity index (χ3n) is 1.98. The van der Waals surface area contributed by atoms with Crippen molar-refractivity contribution in [1.82, 2.24) is 0 Å². The second-order valence-corrected chi connectivity index (χ2v) is 2.57. The number of hydrogen-bond donors (Lipinski definition) is 0. The van der Waals surface area contributed by atoms with Crippen molar-refractivity contribution in [3.05, 3.63) is 24.3 Å². The number of fused-ring (bicyclic) bond motifs is 1. The summed E-state index contributed by atoms with van der Waals surface area (Å²) in [7, 11) is 0. The van der Waals surface area contributed by atoms with Gasteiger partial charge in [0.05, 0.1) is 11.8 Å². The van der Waals surface area contributed by atoms with E-state index < -0.39 is 0 Å². The van der Waals surface area contributed by atoms with E-state index in [2.05, 4.69) is 0 Å². The van der Waals surface area contributed by atoms with Crippen LogP contribution >= 0.6 is 0 Å². The standard InChI is InChI=1S/C8H6O2/c9-7-3-4-8(10)6-2-1-5(6)7/h1-6H/t5-,6-/m1/s1. The minimum atomic E-state index is -0.127. The third kappa shape index (κ3) is 0.533. The van der Waals surface area contributed by atoms with Gasteiger partial charge in [0.15, 0.2) is 11.6 Å². The van der Waals surface area contributed by atoms with Crippen LogP contribution in [0.4, 0.5) is 0 Å². The van der Waals surface area contributed by atoms with Gasteiger partial charge < -0.3 is 0 Å². The summed E-state index contributed by atoms with van der Waals surface area (Å²) in [6, 6.07) is 0. The van der Waals surface area contributed by atoms with Crippen LogP contribution in [-0.4, -0.2) is 11.6 Å². The highest BCUT2D eigenvalue weighted by Crippen LogP contribution is 2.30. The van der Waals surface area contributed by atoms with Crippen LogP contribution in [0.5, 0.6) is 0 Å². The fourth-order valence-electron chi connectivity index (χ4n) is 1.26. The maximum atomic E-state index is 10.9. The highest BCUT2D eigenvalue weighted by atomic mass is 16.1. The predicted molar refractivity (Wildman–Crippen MR) is 35.3 cm³/mol. The number of hydrogen-bond acceptors (Lipinski definition) is 2. The van der Waals surface area contributed by atoms with Crippen molar-refractivity contribution < 1.29 is 9.59 Å². The van der Waals surface area contributed by atoms with Crippen molar-refractivity contribution in [3.63, 3.8) is 0 Å². The Labute approximate surface area is 58.2 Å². The Morgan fingerprint density at radius 1 is 0.900 bits per heavy atom. The lowest BCUT2D eigenvalue weighted by Gasteiger charge is -2.27. The lowest BCUT2D eigenvalue weighted by atomic mass is 9.73. The van der Waals surface area contributed by atoms with Crippen LogP contribution < -0.4 is 0 Å². The summed E-state index contributed by atoms with van der Waals surface area (Å²) in [5.41, 5.74) is 0. The Morgan fingerprint density at radius 2 is 1.30 bits per heavy atom. The summed E-state index contributed by atoms with van der Waals surface area (Å²) < 4.78 is 0.